The van der Waals surface area contributed by atoms with Gasteiger partial charge in [-0.25, -0.2) is 9.97 Å². The summed E-state index contributed by atoms with van der Waals surface area (Å²) in [6.45, 7) is 2.26. The maximum absolute atomic E-state index is 9.51. The number of nitrogens with zero attached hydrogens (tertiary/aromatic N) is 2. The molecule has 2 rings (SSSR count). The molecule has 0 aliphatic rings. The molecule has 0 atom stereocenters. The fraction of sp³-hybridized carbons (Fsp3) is 0.500. The number of aromatic hydroxyl groups is 1. The summed E-state index contributed by atoms with van der Waals surface area (Å²) in [6, 6.07) is 7.06. The van der Waals surface area contributed by atoms with E-state index >= 15 is 0 Å². The van der Waals surface area contributed by atoms with Crippen LogP contribution < -0.4 is 0 Å². The summed E-state index contributed by atoms with van der Waals surface area (Å²) >= 11 is 0. The second kappa shape index (κ2) is 9.98. The largest absolute Gasteiger partial charge is 0.508 e. The summed E-state index contributed by atoms with van der Waals surface area (Å²) in [5, 5.41) is 9.51. The number of hydrogen-bond donors (Lipinski definition) is 1. The first-order chi connectivity index (χ1) is 11.3. The molecule has 3 nitrogen and oxygen atoms in total. The van der Waals surface area contributed by atoms with E-state index in [2.05, 4.69) is 16.9 Å². The lowest BCUT2D eigenvalue weighted by atomic mass is 10.1. The molecule has 0 spiro atoms. The minimum Gasteiger partial charge on any atom is -0.508 e. The van der Waals surface area contributed by atoms with Gasteiger partial charge in [0.15, 0.2) is 5.82 Å². The topological polar surface area (TPSA) is 46.0 Å². The Morgan fingerprint density at radius 1 is 0.870 bits per heavy atom. The van der Waals surface area contributed by atoms with Crippen molar-refractivity contribution in [3.63, 3.8) is 0 Å². The van der Waals surface area contributed by atoms with Crippen LogP contribution in [0.25, 0.3) is 11.4 Å². The quantitative estimate of drug-likeness (QED) is 0.586. The summed E-state index contributed by atoms with van der Waals surface area (Å²) in [5.74, 6) is 0.912. The van der Waals surface area contributed by atoms with Crippen molar-refractivity contribution >= 4 is 0 Å². The second-order valence-corrected chi connectivity index (χ2v) is 6.19. The molecule has 1 N–H and O–H groups in total. The molecule has 0 unspecified atom stereocenters. The summed E-state index contributed by atoms with van der Waals surface area (Å²) in [5.41, 5.74) is 2.04. The molecular formula is C20H28N2O. The third-order valence-corrected chi connectivity index (χ3v) is 4.13. The molecule has 0 aliphatic heterocycles. The van der Waals surface area contributed by atoms with Crippen molar-refractivity contribution in [3.05, 3.63) is 42.2 Å². The molecule has 0 fully saturated rings. The molecule has 1 aromatic carbocycles. The van der Waals surface area contributed by atoms with Crippen molar-refractivity contribution < 1.29 is 5.11 Å². The van der Waals surface area contributed by atoms with Crippen LogP contribution in [0.5, 0.6) is 5.75 Å². The van der Waals surface area contributed by atoms with Crippen LogP contribution in [0.2, 0.25) is 0 Å². The first kappa shape index (κ1) is 17.5. The maximum Gasteiger partial charge on any atom is 0.159 e. The molecule has 23 heavy (non-hydrogen) atoms. The zero-order valence-electron chi connectivity index (χ0n) is 14.2. The van der Waals surface area contributed by atoms with Gasteiger partial charge in [0.2, 0.25) is 0 Å². The van der Waals surface area contributed by atoms with Gasteiger partial charge in [-0.15, -0.1) is 0 Å². The van der Waals surface area contributed by atoms with E-state index in [1.165, 1.54) is 56.9 Å². The van der Waals surface area contributed by atoms with Crippen LogP contribution in [0.15, 0.2) is 36.7 Å². The molecule has 1 heterocycles. The highest BCUT2D eigenvalue weighted by atomic mass is 16.3. The zero-order chi connectivity index (χ0) is 16.3. The van der Waals surface area contributed by atoms with E-state index in [9.17, 15) is 5.11 Å². The molecule has 0 saturated carbocycles. The van der Waals surface area contributed by atoms with Crippen LogP contribution in [0.3, 0.4) is 0 Å². The van der Waals surface area contributed by atoms with Crippen molar-refractivity contribution in [2.24, 2.45) is 0 Å². The predicted octanol–water partition coefficient (Wildman–Crippen LogP) is 5.53. The molecule has 3 heteroatoms. The van der Waals surface area contributed by atoms with E-state index < -0.39 is 0 Å². The molecule has 0 aliphatic carbocycles. The molecule has 1 aromatic heterocycles. The molecule has 0 amide bonds. The highest BCUT2D eigenvalue weighted by Crippen LogP contribution is 2.19. The van der Waals surface area contributed by atoms with E-state index in [4.69, 9.17) is 0 Å². The van der Waals surface area contributed by atoms with Gasteiger partial charge < -0.3 is 5.11 Å². The van der Waals surface area contributed by atoms with Crippen LogP contribution in [0.1, 0.15) is 63.9 Å². The fourth-order valence-electron chi connectivity index (χ4n) is 2.74. The Bertz CT molecular complexity index is 566. The number of unbranched alkanes of at least 4 members (excludes halogenated alkanes) is 7. The first-order valence-corrected chi connectivity index (χ1v) is 8.90. The van der Waals surface area contributed by atoms with E-state index in [1.54, 1.807) is 12.1 Å². The highest BCUT2D eigenvalue weighted by Gasteiger charge is 2.02. The number of phenolic OH excluding ortho intramolecular Hbond substituents is 1. The molecule has 0 bridgehead atoms. The Morgan fingerprint density at radius 3 is 2.17 bits per heavy atom. The van der Waals surface area contributed by atoms with Crippen LogP contribution in [0.4, 0.5) is 0 Å². The minimum atomic E-state index is 0.245. The predicted molar refractivity (Wildman–Crippen MR) is 95.4 cm³/mol. The van der Waals surface area contributed by atoms with Crippen LogP contribution in [-0.2, 0) is 6.42 Å². The lowest BCUT2D eigenvalue weighted by Gasteiger charge is -2.04. The van der Waals surface area contributed by atoms with Crippen molar-refractivity contribution in [2.45, 2.75) is 64.7 Å². The summed E-state index contributed by atoms with van der Waals surface area (Å²) < 4.78 is 0. The number of aryl methyl sites for hydroxylation is 1. The van der Waals surface area contributed by atoms with Gasteiger partial charge in [-0.2, -0.15) is 0 Å². The zero-order valence-corrected chi connectivity index (χ0v) is 14.2. The summed E-state index contributed by atoms with van der Waals surface area (Å²) in [6.07, 6.45) is 15.6. The normalized spacial score (nSPS) is 10.8. The number of hydrogen-bond acceptors (Lipinski definition) is 3. The molecule has 2 aromatic rings. The standard InChI is InChI=1S/C20H28N2O/c1-2-3-4-5-6-7-8-9-11-17-15-21-20(22-16-17)18-12-10-13-19(23)14-18/h10,12-16,23H,2-9,11H2,1H3. The number of aromatic nitrogens is 2. The fourth-order valence-corrected chi connectivity index (χ4v) is 2.74. The van der Waals surface area contributed by atoms with Gasteiger partial charge in [-0.1, -0.05) is 64.0 Å². The summed E-state index contributed by atoms with van der Waals surface area (Å²) in [7, 11) is 0. The van der Waals surface area contributed by atoms with Crippen LogP contribution in [0, 0.1) is 0 Å². The van der Waals surface area contributed by atoms with E-state index in [1.807, 2.05) is 24.5 Å². The van der Waals surface area contributed by atoms with Crippen molar-refractivity contribution in [2.75, 3.05) is 0 Å². The van der Waals surface area contributed by atoms with Crippen molar-refractivity contribution in [1.82, 2.24) is 9.97 Å². The lowest BCUT2D eigenvalue weighted by molar-refractivity contribution is 0.475. The molecular weight excluding hydrogens is 284 g/mol. The lowest BCUT2D eigenvalue weighted by Crippen LogP contribution is -1.93. The Kier molecular flexibility index (Phi) is 7.58. The first-order valence-electron chi connectivity index (χ1n) is 8.90. The van der Waals surface area contributed by atoms with Gasteiger partial charge in [0.25, 0.3) is 0 Å². The Morgan fingerprint density at radius 2 is 1.52 bits per heavy atom. The Labute approximate surface area is 139 Å². The molecule has 0 saturated heterocycles. The third kappa shape index (κ3) is 6.39. The number of rotatable bonds is 10. The maximum atomic E-state index is 9.51. The van der Waals surface area contributed by atoms with Crippen molar-refractivity contribution in [3.8, 4) is 17.1 Å². The van der Waals surface area contributed by atoms with Gasteiger partial charge in [-0.05, 0) is 30.5 Å². The average molecular weight is 312 g/mol. The minimum absolute atomic E-state index is 0.245. The van der Waals surface area contributed by atoms with Crippen molar-refractivity contribution in [1.29, 1.82) is 0 Å². The van der Waals surface area contributed by atoms with E-state index in [0.717, 1.165) is 12.0 Å². The Balaban J connectivity index is 1.69. The SMILES string of the molecule is CCCCCCCCCCc1cnc(-c2cccc(O)c2)nc1. The smallest absolute Gasteiger partial charge is 0.159 e. The van der Waals surface area contributed by atoms with Gasteiger partial charge in [0.1, 0.15) is 5.75 Å². The third-order valence-electron chi connectivity index (χ3n) is 4.13. The van der Waals surface area contributed by atoms with E-state index in [-0.39, 0.29) is 5.75 Å². The Hall–Kier alpha value is -1.90. The van der Waals surface area contributed by atoms with Crippen LogP contribution >= 0.6 is 0 Å². The molecule has 0 radical (unpaired) electrons. The van der Waals surface area contributed by atoms with Gasteiger partial charge in [0.05, 0.1) is 0 Å². The average Bonchev–Trinajstić information content (AvgIpc) is 2.58. The second-order valence-electron chi connectivity index (χ2n) is 6.19. The summed E-state index contributed by atoms with van der Waals surface area (Å²) in [4.78, 5) is 8.83. The highest BCUT2D eigenvalue weighted by molar-refractivity contribution is 5.56. The van der Waals surface area contributed by atoms with E-state index in [0.29, 0.717) is 5.82 Å². The van der Waals surface area contributed by atoms with Gasteiger partial charge in [-0.3, -0.25) is 0 Å². The number of phenols is 1. The molecule has 124 valence electrons. The monoisotopic (exact) mass is 312 g/mol. The number of benzene rings is 1. The van der Waals surface area contributed by atoms with Gasteiger partial charge in [0, 0.05) is 18.0 Å². The van der Waals surface area contributed by atoms with Gasteiger partial charge >= 0.3 is 0 Å². The van der Waals surface area contributed by atoms with Crippen LogP contribution in [-0.4, -0.2) is 15.1 Å².